The highest BCUT2D eigenvalue weighted by Gasteiger charge is 2.27. The summed E-state index contributed by atoms with van der Waals surface area (Å²) in [6.07, 6.45) is -1.01. The predicted octanol–water partition coefficient (Wildman–Crippen LogP) is 9.54. The van der Waals surface area contributed by atoms with Crippen LogP contribution in [0.15, 0.2) is 24.3 Å². The minimum Gasteiger partial charge on any atom is -0.461 e. The molecule has 0 fully saturated rings. The molecular weight excluding hydrogens is 702 g/mol. The van der Waals surface area contributed by atoms with Crippen molar-refractivity contribution < 1.29 is 47.6 Å². The van der Waals surface area contributed by atoms with Gasteiger partial charge in [-0.2, -0.15) is 0 Å². The highest BCUT2D eigenvalue weighted by Crippen LogP contribution is 2.36. The third kappa shape index (κ3) is 17.1. The Morgan fingerprint density at radius 3 is 1.18 bits per heavy atom. The van der Waals surface area contributed by atoms with Crippen LogP contribution in [0, 0.1) is 13.8 Å². The van der Waals surface area contributed by atoms with Crippen molar-refractivity contribution in [2.24, 2.45) is 0 Å². The smallest absolute Gasteiger partial charge is 0.461 e. The van der Waals surface area contributed by atoms with Crippen LogP contribution in [0.5, 0.6) is 11.5 Å². The predicted molar refractivity (Wildman–Crippen MR) is 214 cm³/mol. The second-order valence-corrected chi connectivity index (χ2v) is 18.4. The number of nitrogens with one attached hydrogen (secondary N) is 1. The molecule has 2 unspecified atom stereocenters. The van der Waals surface area contributed by atoms with E-state index in [2.05, 4.69) is 5.32 Å². The van der Waals surface area contributed by atoms with Crippen molar-refractivity contribution in [2.75, 3.05) is 13.1 Å². The van der Waals surface area contributed by atoms with Crippen LogP contribution in [-0.4, -0.2) is 60.7 Å². The Labute approximate surface area is 329 Å². The van der Waals surface area contributed by atoms with Crippen molar-refractivity contribution in [2.45, 2.75) is 171 Å². The van der Waals surface area contributed by atoms with Crippen LogP contribution in [-0.2, 0) is 52.2 Å². The zero-order valence-electron chi connectivity index (χ0n) is 36.3. The molecule has 0 saturated heterocycles. The molecule has 0 spiro atoms. The van der Waals surface area contributed by atoms with E-state index >= 15 is 0 Å². The van der Waals surface area contributed by atoms with Crippen LogP contribution in [0.3, 0.4) is 0 Å². The third-order valence-electron chi connectivity index (χ3n) is 8.38. The summed E-state index contributed by atoms with van der Waals surface area (Å²) in [6, 6.07) is 7.61. The van der Waals surface area contributed by atoms with E-state index < -0.39 is 35.7 Å². The Balaban J connectivity index is 1.87. The molecule has 0 aliphatic carbocycles. The molecule has 0 saturated carbocycles. The molecule has 0 radical (unpaired) electrons. The van der Waals surface area contributed by atoms with Gasteiger partial charge < -0.3 is 33.7 Å². The summed E-state index contributed by atoms with van der Waals surface area (Å²) in [6.45, 7) is 31.1. The summed E-state index contributed by atoms with van der Waals surface area (Å²) in [5.74, 6) is 0.227. The molecular formula is C44H67NO10. The SMILES string of the molecule is Cc1cc(OC(=O)OC(C)(C)C)c(C(C)(C)C)cc1CCC(=O)OC(C)CNCC(C)OC(=O)CCc1cc(C(C)(C)C)c(OC(=O)OC(C)(C)C)cc1C. The van der Waals surface area contributed by atoms with E-state index in [1.54, 1.807) is 41.5 Å². The van der Waals surface area contributed by atoms with E-state index in [4.69, 9.17) is 28.4 Å². The van der Waals surface area contributed by atoms with Crippen LogP contribution in [0.25, 0.3) is 0 Å². The zero-order valence-corrected chi connectivity index (χ0v) is 36.3. The average molecular weight is 770 g/mol. The number of carbonyl (C=O) groups excluding carboxylic acids is 4. The largest absolute Gasteiger partial charge is 0.514 e. The van der Waals surface area contributed by atoms with Crippen molar-refractivity contribution in [1.82, 2.24) is 5.32 Å². The molecule has 308 valence electrons. The number of benzene rings is 2. The topological polar surface area (TPSA) is 136 Å². The first-order valence-electron chi connectivity index (χ1n) is 19.2. The number of esters is 2. The molecule has 0 amide bonds. The Kier molecular flexibility index (Phi) is 16.4. The van der Waals surface area contributed by atoms with Crippen molar-refractivity contribution in [1.29, 1.82) is 0 Å². The highest BCUT2D eigenvalue weighted by atomic mass is 16.7. The monoisotopic (exact) mass is 769 g/mol. The van der Waals surface area contributed by atoms with E-state index in [0.717, 1.165) is 33.4 Å². The van der Waals surface area contributed by atoms with E-state index in [0.29, 0.717) is 37.4 Å². The number of aryl methyl sites for hydroxylation is 4. The zero-order chi connectivity index (χ0) is 42.1. The Hall–Kier alpha value is -4.12. The van der Waals surface area contributed by atoms with Gasteiger partial charge in [0.15, 0.2) is 0 Å². The van der Waals surface area contributed by atoms with Crippen LogP contribution < -0.4 is 14.8 Å². The fourth-order valence-corrected chi connectivity index (χ4v) is 5.67. The number of ether oxygens (including phenoxy) is 6. The summed E-state index contributed by atoms with van der Waals surface area (Å²) in [7, 11) is 0. The van der Waals surface area contributed by atoms with E-state index in [9.17, 15) is 19.2 Å². The van der Waals surface area contributed by atoms with E-state index in [1.807, 2.05) is 93.5 Å². The van der Waals surface area contributed by atoms with Crippen molar-refractivity contribution in [3.8, 4) is 11.5 Å². The van der Waals surface area contributed by atoms with Gasteiger partial charge in [0, 0.05) is 37.1 Å². The number of hydrogen-bond donors (Lipinski definition) is 1. The molecule has 2 aromatic rings. The first-order chi connectivity index (χ1) is 25.0. The molecule has 2 aromatic carbocycles. The molecule has 0 aromatic heterocycles. The molecule has 0 aliphatic heterocycles. The second-order valence-electron chi connectivity index (χ2n) is 18.4. The molecule has 11 nitrogen and oxygen atoms in total. The number of carbonyl (C=O) groups is 4. The van der Waals surface area contributed by atoms with Crippen LogP contribution >= 0.6 is 0 Å². The van der Waals surface area contributed by atoms with Crippen LogP contribution in [0.2, 0.25) is 0 Å². The Bertz CT molecular complexity index is 1530. The maximum Gasteiger partial charge on any atom is 0.514 e. The summed E-state index contributed by atoms with van der Waals surface area (Å²) in [5, 5.41) is 3.22. The first-order valence-corrected chi connectivity index (χ1v) is 19.2. The van der Waals surface area contributed by atoms with Crippen molar-refractivity contribution in [3.05, 3.63) is 57.6 Å². The van der Waals surface area contributed by atoms with Gasteiger partial charge in [-0.15, -0.1) is 0 Å². The normalized spacial score (nSPS) is 13.4. The average Bonchev–Trinajstić information content (AvgIpc) is 2.96. The Morgan fingerprint density at radius 1 is 0.564 bits per heavy atom. The van der Waals surface area contributed by atoms with Gasteiger partial charge >= 0.3 is 24.2 Å². The highest BCUT2D eigenvalue weighted by molar-refractivity contribution is 5.71. The maximum absolute atomic E-state index is 12.8. The van der Waals surface area contributed by atoms with E-state index in [-0.39, 0.29) is 35.6 Å². The third-order valence-corrected chi connectivity index (χ3v) is 8.38. The van der Waals surface area contributed by atoms with Gasteiger partial charge in [-0.3, -0.25) is 9.59 Å². The summed E-state index contributed by atoms with van der Waals surface area (Å²) in [5.41, 5.74) is 3.39. The molecule has 2 rings (SSSR count). The lowest BCUT2D eigenvalue weighted by molar-refractivity contribution is -0.148. The lowest BCUT2D eigenvalue weighted by Gasteiger charge is -2.25. The van der Waals surface area contributed by atoms with E-state index in [1.165, 1.54) is 0 Å². The lowest BCUT2D eigenvalue weighted by atomic mass is 9.84. The summed E-state index contributed by atoms with van der Waals surface area (Å²) >= 11 is 0. The van der Waals surface area contributed by atoms with Gasteiger partial charge in [-0.1, -0.05) is 53.7 Å². The molecule has 55 heavy (non-hydrogen) atoms. The van der Waals surface area contributed by atoms with Crippen molar-refractivity contribution >= 4 is 24.2 Å². The fourth-order valence-electron chi connectivity index (χ4n) is 5.67. The molecule has 0 aliphatic rings. The molecule has 0 heterocycles. The molecule has 11 heteroatoms. The van der Waals surface area contributed by atoms with Gasteiger partial charge in [0.2, 0.25) is 0 Å². The van der Waals surface area contributed by atoms with Crippen LogP contribution in [0.1, 0.15) is 143 Å². The lowest BCUT2D eigenvalue weighted by Crippen LogP contribution is -2.35. The van der Waals surface area contributed by atoms with Gasteiger partial charge in [0.1, 0.15) is 34.9 Å². The molecule has 1 N–H and O–H groups in total. The quantitative estimate of drug-likeness (QED) is 0.112. The first kappa shape index (κ1) is 47.0. The summed E-state index contributed by atoms with van der Waals surface area (Å²) in [4.78, 5) is 50.4. The maximum atomic E-state index is 12.8. The number of hydrogen-bond acceptors (Lipinski definition) is 11. The molecule has 0 bridgehead atoms. The number of rotatable bonds is 14. The van der Waals surface area contributed by atoms with Crippen LogP contribution in [0.4, 0.5) is 9.59 Å². The fraction of sp³-hybridized carbons (Fsp3) is 0.636. The Morgan fingerprint density at radius 2 is 0.891 bits per heavy atom. The standard InChI is InChI=1S/C44H67NO10/c1-27-21-35(52-39(48)54-43(11,12)13)33(41(5,6)7)23-31(27)17-19-37(46)50-29(3)25-45-26-30(4)51-38(47)20-18-32-24-34(42(8,9)10)36(22-28(32)2)53-40(49)55-44(14,15)16/h21-24,29-30,45H,17-20,25-26H2,1-16H3. The van der Waals surface area contributed by atoms with Gasteiger partial charge in [-0.05, 0) is 127 Å². The van der Waals surface area contributed by atoms with Gasteiger partial charge in [0.05, 0.1) is 0 Å². The molecule has 2 atom stereocenters. The van der Waals surface area contributed by atoms with Gasteiger partial charge in [0.25, 0.3) is 0 Å². The van der Waals surface area contributed by atoms with Gasteiger partial charge in [-0.25, -0.2) is 9.59 Å². The van der Waals surface area contributed by atoms with Crippen molar-refractivity contribution in [3.63, 3.8) is 0 Å². The minimum atomic E-state index is -0.762. The summed E-state index contributed by atoms with van der Waals surface area (Å²) < 4.78 is 33.2. The second kappa shape index (κ2) is 19.2. The minimum absolute atomic E-state index is 0.186.